The van der Waals surface area contributed by atoms with Gasteiger partial charge in [-0.3, -0.25) is 4.79 Å². The lowest BCUT2D eigenvalue weighted by atomic mass is 10.0. The molecule has 1 fully saturated rings. The van der Waals surface area contributed by atoms with Gasteiger partial charge in [-0.05, 0) is 13.8 Å². The highest BCUT2D eigenvalue weighted by atomic mass is 32.2. The van der Waals surface area contributed by atoms with E-state index >= 15 is 0 Å². The van der Waals surface area contributed by atoms with Gasteiger partial charge in [-0.15, -0.1) is 0 Å². The van der Waals surface area contributed by atoms with Gasteiger partial charge in [-0.1, -0.05) is 11.3 Å². The molecule has 0 aliphatic carbocycles. The third-order valence-corrected chi connectivity index (χ3v) is 5.76. The Morgan fingerprint density at radius 3 is 2.44 bits per heavy atom. The van der Waals surface area contributed by atoms with Gasteiger partial charge in [0, 0.05) is 18.8 Å². The summed E-state index contributed by atoms with van der Waals surface area (Å²) in [7, 11) is -3.62. The largest absolute Gasteiger partial charge is 0.387 e. The lowest BCUT2D eigenvalue weighted by molar-refractivity contribution is -0.0425. The molecule has 0 atom stereocenters. The number of nitrogens with one attached hydrogen (secondary N) is 1. The molecule has 2 N–H and O–H groups in total. The van der Waals surface area contributed by atoms with E-state index in [0.29, 0.717) is 17.0 Å². The summed E-state index contributed by atoms with van der Waals surface area (Å²) in [6.07, 6.45) is 0. The quantitative estimate of drug-likeness (QED) is 0.753. The molecule has 90 valence electrons. The van der Waals surface area contributed by atoms with Gasteiger partial charge >= 0.3 is 4.87 Å². The Balaban J connectivity index is 2.34. The highest BCUT2D eigenvalue weighted by Crippen LogP contribution is 2.29. The maximum Gasteiger partial charge on any atom is 0.305 e. The summed E-state index contributed by atoms with van der Waals surface area (Å²) in [6, 6.07) is 0. The van der Waals surface area contributed by atoms with Crippen LogP contribution in [0.3, 0.4) is 0 Å². The first-order chi connectivity index (χ1) is 7.22. The molecule has 0 aromatic carbocycles. The predicted molar refractivity (Wildman–Crippen MR) is 59.1 cm³/mol. The number of aryl methyl sites for hydroxylation is 1. The summed E-state index contributed by atoms with van der Waals surface area (Å²) < 4.78 is 25.2. The topological polar surface area (TPSA) is 90.5 Å². The summed E-state index contributed by atoms with van der Waals surface area (Å²) in [6.45, 7) is 3.26. The fourth-order valence-corrected chi connectivity index (χ4v) is 4.75. The third-order valence-electron chi connectivity index (χ3n) is 2.39. The minimum atomic E-state index is -3.62. The highest BCUT2D eigenvalue weighted by Gasteiger charge is 2.44. The third kappa shape index (κ3) is 1.81. The molecule has 0 radical (unpaired) electrons. The lowest BCUT2D eigenvalue weighted by Crippen LogP contribution is -2.61. The number of H-pyrrole nitrogens is 1. The number of rotatable bonds is 2. The molecule has 0 spiro atoms. The zero-order chi connectivity index (χ0) is 12.1. The molecule has 1 aromatic rings. The first-order valence-corrected chi connectivity index (χ1v) is 6.90. The van der Waals surface area contributed by atoms with Crippen molar-refractivity contribution in [1.82, 2.24) is 9.29 Å². The molecule has 1 aromatic heterocycles. The number of thiazole rings is 1. The molecule has 0 unspecified atom stereocenters. The number of hydrogen-bond donors (Lipinski definition) is 2. The van der Waals surface area contributed by atoms with Crippen molar-refractivity contribution in [3.05, 3.63) is 15.4 Å². The van der Waals surface area contributed by atoms with E-state index in [0.717, 1.165) is 0 Å². The molecule has 1 saturated heterocycles. The second kappa shape index (κ2) is 3.39. The van der Waals surface area contributed by atoms with Crippen molar-refractivity contribution < 1.29 is 13.5 Å². The normalized spacial score (nSPS) is 20.7. The molecule has 8 heteroatoms. The van der Waals surface area contributed by atoms with Crippen LogP contribution in [0.1, 0.15) is 12.6 Å². The van der Waals surface area contributed by atoms with Crippen molar-refractivity contribution in [1.29, 1.82) is 0 Å². The van der Waals surface area contributed by atoms with E-state index in [4.69, 9.17) is 0 Å². The number of sulfonamides is 1. The van der Waals surface area contributed by atoms with Crippen LogP contribution in [-0.2, 0) is 10.0 Å². The molecule has 6 nitrogen and oxygen atoms in total. The second-order valence-electron chi connectivity index (χ2n) is 4.20. The molecule has 0 saturated carbocycles. The average molecular weight is 264 g/mol. The van der Waals surface area contributed by atoms with Crippen molar-refractivity contribution in [2.24, 2.45) is 0 Å². The molecular formula is C8H12N2O4S2. The monoisotopic (exact) mass is 264 g/mol. The van der Waals surface area contributed by atoms with E-state index in [-0.39, 0.29) is 22.2 Å². The van der Waals surface area contributed by atoms with Crippen molar-refractivity contribution in [2.45, 2.75) is 23.7 Å². The number of aliphatic hydroxyl groups is 1. The highest BCUT2D eigenvalue weighted by molar-refractivity contribution is 7.91. The van der Waals surface area contributed by atoms with Crippen LogP contribution in [0.25, 0.3) is 0 Å². The van der Waals surface area contributed by atoms with Crippen molar-refractivity contribution >= 4 is 21.4 Å². The van der Waals surface area contributed by atoms with Crippen LogP contribution in [-0.4, -0.2) is 41.5 Å². The van der Waals surface area contributed by atoms with Crippen molar-refractivity contribution in [2.75, 3.05) is 13.1 Å². The molecule has 2 rings (SSSR count). The number of aromatic amines is 1. The van der Waals surface area contributed by atoms with Crippen LogP contribution >= 0.6 is 11.3 Å². The van der Waals surface area contributed by atoms with Crippen LogP contribution in [0.15, 0.2) is 9.00 Å². The van der Waals surface area contributed by atoms with Gasteiger partial charge in [-0.2, -0.15) is 4.31 Å². The van der Waals surface area contributed by atoms with Gasteiger partial charge in [0.05, 0.1) is 5.60 Å². The fourth-order valence-electron chi connectivity index (χ4n) is 1.64. The van der Waals surface area contributed by atoms with E-state index in [1.165, 1.54) is 4.31 Å². The van der Waals surface area contributed by atoms with Crippen LogP contribution in [0.4, 0.5) is 0 Å². The fraction of sp³-hybridized carbons (Fsp3) is 0.625. The van der Waals surface area contributed by atoms with E-state index in [1.807, 2.05) is 0 Å². The number of aromatic nitrogens is 1. The van der Waals surface area contributed by atoms with Gasteiger partial charge in [0.15, 0.2) is 4.21 Å². The zero-order valence-corrected chi connectivity index (χ0v) is 10.5. The van der Waals surface area contributed by atoms with Crippen LogP contribution in [0.5, 0.6) is 0 Å². The molecule has 2 heterocycles. The molecule has 16 heavy (non-hydrogen) atoms. The Hall–Kier alpha value is -0.700. The Labute approximate surface area is 96.6 Å². The predicted octanol–water partition coefficient (Wildman–Crippen LogP) is -0.500. The van der Waals surface area contributed by atoms with Crippen LogP contribution in [0.2, 0.25) is 0 Å². The first-order valence-electron chi connectivity index (χ1n) is 4.65. The Bertz CT molecular complexity index is 561. The van der Waals surface area contributed by atoms with Crippen LogP contribution < -0.4 is 4.87 Å². The average Bonchev–Trinajstić information content (AvgIpc) is 2.41. The Kier molecular flexibility index (Phi) is 2.50. The standard InChI is InChI=1S/C8H12N2O4S2/c1-5-6(15-7(11)9-5)16(13,14)10-3-8(2,12)4-10/h12H,3-4H2,1-2H3,(H,9,11). The molecule has 0 amide bonds. The molecular weight excluding hydrogens is 252 g/mol. The second-order valence-corrected chi connectivity index (χ2v) is 7.31. The molecule has 0 bridgehead atoms. The minimum absolute atomic E-state index is 0.0352. The maximum absolute atomic E-state index is 12.0. The lowest BCUT2D eigenvalue weighted by Gasteiger charge is -2.42. The number of β-amino-alcohol motifs (C(OH)–C–C–N with tert-alkyl or cyclic N) is 1. The van der Waals surface area contributed by atoms with Gasteiger partial charge in [0.2, 0.25) is 0 Å². The SMILES string of the molecule is Cc1[nH]c(=O)sc1S(=O)(=O)N1CC(C)(O)C1. The summed E-state index contributed by atoms with van der Waals surface area (Å²) in [5.41, 5.74) is -0.607. The summed E-state index contributed by atoms with van der Waals surface area (Å²) in [4.78, 5) is 13.1. The Morgan fingerprint density at radius 1 is 1.50 bits per heavy atom. The van der Waals surface area contributed by atoms with Gasteiger partial charge in [-0.25, -0.2) is 8.42 Å². The smallest absolute Gasteiger partial charge is 0.305 e. The van der Waals surface area contributed by atoms with E-state index < -0.39 is 15.6 Å². The van der Waals surface area contributed by atoms with Crippen molar-refractivity contribution in [3.63, 3.8) is 0 Å². The number of hydrogen-bond acceptors (Lipinski definition) is 5. The van der Waals surface area contributed by atoms with Gasteiger partial charge < -0.3 is 10.1 Å². The van der Waals surface area contributed by atoms with Crippen molar-refractivity contribution in [3.8, 4) is 0 Å². The minimum Gasteiger partial charge on any atom is -0.387 e. The summed E-state index contributed by atoms with van der Waals surface area (Å²) in [5, 5.41) is 9.50. The maximum atomic E-state index is 12.0. The first kappa shape index (κ1) is 11.8. The number of nitrogens with zero attached hydrogens (tertiary/aromatic N) is 1. The zero-order valence-electron chi connectivity index (χ0n) is 8.85. The van der Waals surface area contributed by atoms with Gasteiger partial charge in [0.1, 0.15) is 0 Å². The van der Waals surface area contributed by atoms with E-state index in [9.17, 15) is 18.3 Å². The van der Waals surface area contributed by atoms with Crippen LogP contribution in [0, 0.1) is 6.92 Å². The summed E-state index contributed by atoms with van der Waals surface area (Å²) >= 11 is 0.677. The summed E-state index contributed by atoms with van der Waals surface area (Å²) in [5.74, 6) is 0. The molecule has 1 aliphatic heterocycles. The van der Waals surface area contributed by atoms with E-state index in [1.54, 1.807) is 13.8 Å². The van der Waals surface area contributed by atoms with E-state index in [2.05, 4.69) is 4.98 Å². The molecule has 1 aliphatic rings. The van der Waals surface area contributed by atoms with Gasteiger partial charge in [0.25, 0.3) is 10.0 Å². The Morgan fingerprint density at radius 2 is 2.06 bits per heavy atom.